The van der Waals surface area contributed by atoms with Gasteiger partial charge in [-0.15, -0.1) is 0 Å². The Labute approximate surface area is 85.0 Å². The first kappa shape index (κ1) is 8.75. The third kappa shape index (κ3) is 0.945. The van der Waals surface area contributed by atoms with E-state index in [4.69, 9.17) is 4.74 Å². The molecule has 2 bridgehead atoms. The van der Waals surface area contributed by atoms with Gasteiger partial charge >= 0.3 is 0 Å². The van der Waals surface area contributed by atoms with Gasteiger partial charge in [-0.1, -0.05) is 6.42 Å². The number of carbonyl (C=O) groups is 1. The van der Waals surface area contributed by atoms with E-state index >= 15 is 0 Å². The van der Waals surface area contributed by atoms with Crippen molar-refractivity contribution in [3.05, 3.63) is 0 Å². The van der Waals surface area contributed by atoms with Crippen LogP contribution in [0, 0.1) is 23.2 Å². The number of fused-ring (bicyclic) bond motifs is 5. The quantitative estimate of drug-likeness (QED) is 0.645. The Kier molecular flexibility index (Phi) is 1.86. The minimum atomic E-state index is 0.420. The van der Waals surface area contributed by atoms with Gasteiger partial charge in [-0.2, -0.15) is 0 Å². The first-order valence-electron chi connectivity index (χ1n) is 5.92. The summed E-state index contributed by atoms with van der Waals surface area (Å²) in [6.45, 7) is 1.35. The van der Waals surface area contributed by atoms with E-state index in [1.807, 2.05) is 0 Å². The Morgan fingerprint density at radius 3 is 3.14 bits per heavy atom. The van der Waals surface area contributed by atoms with E-state index in [0.29, 0.717) is 18.5 Å². The first-order valence-corrected chi connectivity index (χ1v) is 5.92. The monoisotopic (exact) mass is 194 g/mol. The van der Waals surface area contributed by atoms with Crippen LogP contribution in [0.25, 0.3) is 0 Å². The molecule has 78 valence electrons. The third-order valence-corrected chi connectivity index (χ3v) is 5.17. The van der Waals surface area contributed by atoms with Gasteiger partial charge in [-0.3, -0.25) is 4.79 Å². The summed E-state index contributed by atoms with van der Waals surface area (Å²) in [7, 11) is 0. The summed E-state index contributed by atoms with van der Waals surface area (Å²) >= 11 is 0. The molecule has 3 fully saturated rings. The van der Waals surface area contributed by atoms with E-state index in [-0.39, 0.29) is 0 Å². The Balaban J connectivity index is 1.84. The Morgan fingerprint density at radius 2 is 2.29 bits per heavy atom. The molecule has 2 nitrogen and oxygen atoms in total. The number of carbonyl (C=O) groups excluding carboxylic acids is 1. The predicted molar refractivity (Wildman–Crippen MR) is 52.6 cm³/mol. The summed E-state index contributed by atoms with van der Waals surface area (Å²) in [5, 5.41) is 0. The van der Waals surface area contributed by atoms with Crippen molar-refractivity contribution in [2.75, 3.05) is 6.61 Å². The molecule has 0 radical (unpaired) electrons. The normalized spacial score (nSPS) is 49.3. The molecule has 0 aromatic carbocycles. The molecule has 0 aliphatic heterocycles. The van der Waals surface area contributed by atoms with Gasteiger partial charge in [0, 0.05) is 5.41 Å². The summed E-state index contributed by atoms with van der Waals surface area (Å²) in [5.41, 5.74) is 0.420. The average Bonchev–Trinajstić information content (AvgIpc) is 2.86. The topological polar surface area (TPSA) is 26.3 Å². The Bertz CT molecular complexity index is 251. The molecular weight excluding hydrogens is 176 g/mol. The van der Waals surface area contributed by atoms with Crippen LogP contribution in [0.1, 0.15) is 38.5 Å². The molecule has 0 heterocycles. The van der Waals surface area contributed by atoms with Crippen molar-refractivity contribution in [1.29, 1.82) is 0 Å². The Hall–Kier alpha value is -0.530. The van der Waals surface area contributed by atoms with Crippen molar-refractivity contribution in [1.82, 2.24) is 0 Å². The van der Waals surface area contributed by atoms with Crippen LogP contribution in [0.5, 0.6) is 0 Å². The maximum atomic E-state index is 10.3. The molecule has 3 aliphatic rings. The summed E-state index contributed by atoms with van der Waals surface area (Å²) in [6, 6.07) is 0. The fraction of sp³-hybridized carbons (Fsp3) is 0.917. The zero-order chi connectivity index (χ0) is 9.60. The predicted octanol–water partition coefficient (Wildman–Crippen LogP) is 2.38. The van der Waals surface area contributed by atoms with Gasteiger partial charge in [-0.05, 0) is 49.9 Å². The lowest BCUT2D eigenvalue weighted by molar-refractivity contribution is -0.134. The summed E-state index contributed by atoms with van der Waals surface area (Å²) in [4.78, 5) is 10.3. The molecule has 4 atom stereocenters. The molecule has 2 heteroatoms. The second-order valence-electron chi connectivity index (χ2n) is 5.41. The summed E-state index contributed by atoms with van der Waals surface area (Å²) in [5.74, 6) is 2.74. The second-order valence-corrected chi connectivity index (χ2v) is 5.41. The number of ether oxygens (including phenoxy) is 1. The molecule has 4 unspecified atom stereocenters. The van der Waals surface area contributed by atoms with Gasteiger partial charge in [0.2, 0.25) is 0 Å². The highest BCUT2D eigenvalue weighted by Gasteiger charge is 2.59. The molecule has 3 saturated carbocycles. The van der Waals surface area contributed by atoms with Gasteiger partial charge < -0.3 is 4.74 Å². The van der Waals surface area contributed by atoms with Crippen molar-refractivity contribution in [3.63, 3.8) is 0 Å². The van der Waals surface area contributed by atoms with E-state index in [0.717, 1.165) is 17.8 Å². The largest absolute Gasteiger partial charge is 0.467 e. The van der Waals surface area contributed by atoms with Gasteiger partial charge in [0.25, 0.3) is 6.47 Å². The second kappa shape index (κ2) is 2.98. The highest BCUT2D eigenvalue weighted by molar-refractivity contribution is 5.37. The molecule has 14 heavy (non-hydrogen) atoms. The maximum Gasteiger partial charge on any atom is 0.293 e. The lowest BCUT2D eigenvalue weighted by Gasteiger charge is -2.38. The number of hydrogen-bond acceptors (Lipinski definition) is 2. The number of rotatable bonds is 3. The third-order valence-electron chi connectivity index (χ3n) is 5.17. The lowest BCUT2D eigenvalue weighted by atomic mass is 9.68. The lowest BCUT2D eigenvalue weighted by Crippen LogP contribution is -2.36. The average molecular weight is 194 g/mol. The van der Waals surface area contributed by atoms with Crippen molar-refractivity contribution in [2.45, 2.75) is 38.5 Å². The fourth-order valence-corrected chi connectivity index (χ4v) is 4.73. The molecular formula is C12H18O2. The van der Waals surface area contributed by atoms with Gasteiger partial charge in [0.1, 0.15) is 0 Å². The van der Waals surface area contributed by atoms with Gasteiger partial charge in [-0.25, -0.2) is 0 Å². The van der Waals surface area contributed by atoms with E-state index in [9.17, 15) is 4.79 Å². The van der Waals surface area contributed by atoms with Crippen molar-refractivity contribution >= 4 is 6.47 Å². The SMILES string of the molecule is O=COCC12CCCC1C1CCC2C1. The van der Waals surface area contributed by atoms with E-state index in [1.54, 1.807) is 0 Å². The van der Waals surface area contributed by atoms with Crippen LogP contribution in [0.2, 0.25) is 0 Å². The van der Waals surface area contributed by atoms with Gasteiger partial charge in [0.05, 0.1) is 6.61 Å². The first-order chi connectivity index (χ1) is 6.87. The molecule has 3 rings (SSSR count). The van der Waals surface area contributed by atoms with Crippen LogP contribution >= 0.6 is 0 Å². The molecule has 0 saturated heterocycles. The molecule has 0 N–H and O–H groups in total. The summed E-state index contributed by atoms with van der Waals surface area (Å²) < 4.78 is 5.09. The van der Waals surface area contributed by atoms with Crippen molar-refractivity contribution < 1.29 is 9.53 Å². The van der Waals surface area contributed by atoms with E-state index in [2.05, 4.69) is 0 Å². The minimum absolute atomic E-state index is 0.420. The van der Waals surface area contributed by atoms with Gasteiger partial charge in [0.15, 0.2) is 0 Å². The molecule has 0 amide bonds. The van der Waals surface area contributed by atoms with E-state index < -0.39 is 0 Å². The maximum absolute atomic E-state index is 10.3. The summed E-state index contributed by atoms with van der Waals surface area (Å²) in [6.07, 6.45) is 8.32. The minimum Gasteiger partial charge on any atom is -0.467 e. The molecule has 0 aromatic rings. The van der Waals surface area contributed by atoms with Crippen LogP contribution in [0.3, 0.4) is 0 Å². The fourth-order valence-electron chi connectivity index (χ4n) is 4.73. The zero-order valence-corrected chi connectivity index (χ0v) is 8.58. The van der Waals surface area contributed by atoms with Crippen LogP contribution in [-0.2, 0) is 9.53 Å². The Morgan fingerprint density at radius 1 is 1.36 bits per heavy atom. The molecule has 0 spiro atoms. The van der Waals surface area contributed by atoms with Crippen molar-refractivity contribution in [2.24, 2.45) is 23.2 Å². The zero-order valence-electron chi connectivity index (χ0n) is 8.58. The molecule has 3 aliphatic carbocycles. The van der Waals surface area contributed by atoms with Crippen LogP contribution in [0.4, 0.5) is 0 Å². The van der Waals surface area contributed by atoms with Crippen LogP contribution in [-0.4, -0.2) is 13.1 Å². The highest BCUT2D eigenvalue weighted by atomic mass is 16.5. The smallest absolute Gasteiger partial charge is 0.293 e. The van der Waals surface area contributed by atoms with Crippen LogP contribution in [0.15, 0.2) is 0 Å². The highest BCUT2D eigenvalue weighted by Crippen LogP contribution is 2.66. The van der Waals surface area contributed by atoms with Crippen LogP contribution < -0.4 is 0 Å². The standard InChI is InChI=1S/C12H18O2/c13-8-14-7-12-5-1-2-11(12)9-3-4-10(12)6-9/h8-11H,1-7H2. The molecule has 0 aromatic heterocycles. The van der Waals surface area contributed by atoms with Crippen molar-refractivity contribution in [3.8, 4) is 0 Å². The number of hydrogen-bond donors (Lipinski definition) is 0. The van der Waals surface area contributed by atoms with E-state index in [1.165, 1.54) is 38.5 Å².